The van der Waals surface area contributed by atoms with Crippen LogP contribution >= 0.6 is 0 Å². The number of para-hydroxylation sites is 1. The lowest BCUT2D eigenvalue weighted by atomic mass is 10.0. The number of carbonyl (C=O) groups excluding carboxylic acids is 1. The summed E-state index contributed by atoms with van der Waals surface area (Å²) in [7, 11) is 1.87. The molecule has 3 aromatic rings. The van der Waals surface area contributed by atoms with Crippen molar-refractivity contribution in [1.82, 2.24) is 0 Å². The predicted molar refractivity (Wildman–Crippen MR) is 114 cm³/mol. The Bertz CT molecular complexity index is 927. The Hall–Kier alpha value is -2.69. The number of piperazine rings is 1. The molecular weight excluding hydrogens is 346 g/mol. The van der Waals surface area contributed by atoms with Gasteiger partial charge in [-0.15, -0.1) is 0 Å². The number of nitrogens with one attached hydrogen (secondary N) is 2. The molecule has 0 radical (unpaired) electrons. The average Bonchev–Trinajstić information content (AvgIpc) is 2.75. The minimum Gasteiger partial charge on any atom is -0.322 e. The third-order valence-electron chi connectivity index (χ3n) is 5.90. The number of hydrogen-bond acceptors (Lipinski definition) is 1. The van der Waals surface area contributed by atoms with Crippen LogP contribution in [0.1, 0.15) is 5.56 Å². The van der Waals surface area contributed by atoms with Crippen LogP contribution in [-0.4, -0.2) is 45.7 Å². The van der Waals surface area contributed by atoms with Crippen molar-refractivity contribution in [2.75, 3.05) is 44.7 Å². The lowest BCUT2D eigenvalue weighted by molar-refractivity contribution is -1.01. The number of likely N-dealkylation sites (N-methyl/N-ethyl adjacent to an activating group) is 1. The van der Waals surface area contributed by atoms with Crippen LogP contribution in [0.2, 0.25) is 0 Å². The van der Waals surface area contributed by atoms with E-state index >= 15 is 0 Å². The number of amides is 1. The summed E-state index contributed by atoms with van der Waals surface area (Å²) in [6.45, 7) is 5.96. The van der Waals surface area contributed by atoms with Gasteiger partial charge >= 0.3 is 0 Å². The van der Waals surface area contributed by atoms with Crippen molar-refractivity contribution in [3.05, 3.63) is 78.4 Å². The molecule has 0 unspecified atom stereocenters. The van der Waals surface area contributed by atoms with E-state index in [0.29, 0.717) is 6.54 Å². The second-order valence-corrected chi connectivity index (χ2v) is 7.78. The van der Waals surface area contributed by atoms with Gasteiger partial charge in [-0.2, -0.15) is 0 Å². The Kier molecular flexibility index (Phi) is 5.70. The van der Waals surface area contributed by atoms with Gasteiger partial charge in [-0.1, -0.05) is 60.7 Å². The number of nitrogens with zero attached hydrogens (tertiary/aromatic N) is 1. The summed E-state index contributed by atoms with van der Waals surface area (Å²) in [6.07, 6.45) is 0. The van der Waals surface area contributed by atoms with Crippen molar-refractivity contribution >= 4 is 22.4 Å². The SMILES string of the molecule is CN(C(=O)C[NH+]1CC[NH+](Cc2cccc3ccccc23)CC1)c1ccccc1. The summed E-state index contributed by atoms with van der Waals surface area (Å²) in [4.78, 5) is 17.4. The molecule has 1 aliphatic heterocycles. The Labute approximate surface area is 167 Å². The van der Waals surface area contributed by atoms with Gasteiger partial charge in [0.1, 0.15) is 32.7 Å². The van der Waals surface area contributed by atoms with Crippen LogP contribution in [0.25, 0.3) is 10.8 Å². The average molecular weight is 376 g/mol. The summed E-state index contributed by atoms with van der Waals surface area (Å²) in [5, 5.41) is 2.69. The Balaban J connectivity index is 1.31. The molecule has 4 rings (SSSR count). The highest BCUT2D eigenvalue weighted by molar-refractivity contribution is 5.93. The van der Waals surface area contributed by atoms with Gasteiger partial charge in [-0.25, -0.2) is 0 Å². The van der Waals surface area contributed by atoms with Crippen LogP contribution in [0.4, 0.5) is 5.69 Å². The molecule has 0 atom stereocenters. The smallest absolute Gasteiger partial charge is 0.281 e. The van der Waals surface area contributed by atoms with Crippen molar-refractivity contribution in [1.29, 1.82) is 0 Å². The first-order chi connectivity index (χ1) is 13.7. The zero-order valence-electron chi connectivity index (χ0n) is 16.5. The van der Waals surface area contributed by atoms with Crippen LogP contribution in [0.5, 0.6) is 0 Å². The fourth-order valence-electron chi connectivity index (χ4n) is 4.15. The normalized spacial score (nSPS) is 19.5. The van der Waals surface area contributed by atoms with E-state index in [0.717, 1.165) is 38.4 Å². The summed E-state index contributed by atoms with van der Waals surface area (Å²) in [5.41, 5.74) is 2.39. The largest absolute Gasteiger partial charge is 0.322 e. The summed E-state index contributed by atoms with van der Waals surface area (Å²) >= 11 is 0. The van der Waals surface area contributed by atoms with Gasteiger partial charge in [0, 0.05) is 18.3 Å². The molecule has 1 heterocycles. The molecular formula is C24H29N3O+2. The third kappa shape index (κ3) is 4.24. The van der Waals surface area contributed by atoms with Crippen molar-refractivity contribution in [2.24, 2.45) is 0 Å². The fourth-order valence-corrected chi connectivity index (χ4v) is 4.15. The molecule has 0 saturated carbocycles. The summed E-state index contributed by atoms with van der Waals surface area (Å²) < 4.78 is 0. The third-order valence-corrected chi connectivity index (χ3v) is 5.90. The molecule has 1 saturated heterocycles. The number of anilines is 1. The molecule has 28 heavy (non-hydrogen) atoms. The fraction of sp³-hybridized carbons (Fsp3) is 0.292. The van der Waals surface area contributed by atoms with Gasteiger partial charge in [0.05, 0.1) is 0 Å². The maximum atomic E-state index is 12.6. The Morgan fingerprint density at radius 1 is 0.821 bits per heavy atom. The maximum Gasteiger partial charge on any atom is 0.281 e. The van der Waals surface area contributed by atoms with Crippen molar-refractivity contribution in [3.63, 3.8) is 0 Å². The quantitative estimate of drug-likeness (QED) is 0.678. The van der Waals surface area contributed by atoms with Crippen molar-refractivity contribution in [2.45, 2.75) is 6.54 Å². The number of carbonyl (C=O) groups is 1. The first-order valence-corrected chi connectivity index (χ1v) is 10.2. The molecule has 0 aromatic heterocycles. The van der Waals surface area contributed by atoms with E-state index in [1.54, 1.807) is 9.80 Å². The van der Waals surface area contributed by atoms with Crippen LogP contribution in [0, 0.1) is 0 Å². The van der Waals surface area contributed by atoms with E-state index in [4.69, 9.17) is 0 Å². The number of hydrogen-bond donors (Lipinski definition) is 2. The maximum absolute atomic E-state index is 12.6. The molecule has 1 amide bonds. The number of quaternary nitrogens is 2. The monoisotopic (exact) mass is 375 g/mol. The van der Waals surface area contributed by atoms with E-state index in [1.165, 1.54) is 21.2 Å². The summed E-state index contributed by atoms with van der Waals surface area (Å²) in [6, 6.07) is 25.1. The molecule has 4 heteroatoms. The van der Waals surface area contributed by atoms with Gasteiger partial charge in [-0.05, 0) is 22.9 Å². The minimum absolute atomic E-state index is 0.193. The van der Waals surface area contributed by atoms with Gasteiger partial charge in [0.25, 0.3) is 5.91 Å². The van der Waals surface area contributed by atoms with Gasteiger partial charge in [0.15, 0.2) is 6.54 Å². The topological polar surface area (TPSA) is 29.2 Å². The van der Waals surface area contributed by atoms with Gasteiger partial charge in [-0.3, -0.25) is 4.79 Å². The van der Waals surface area contributed by atoms with Crippen molar-refractivity contribution in [3.8, 4) is 0 Å². The summed E-state index contributed by atoms with van der Waals surface area (Å²) in [5.74, 6) is 0.193. The highest BCUT2D eigenvalue weighted by Crippen LogP contribution is 2.17. The van der Waals surface area contributed by atoms with Crippen LogP contribution in [0.3, 0.4) is 0 Å². The Morgan fingerprint density at radius 2 is 1.46 bits per heavy atom. The zero-order valence-corrected chi connectivity index (χ0v) is 16.5. The molecule has 144 valence electrons. The van der Waals surface area contributed by atoms with Gasteiger partial charge in [0.2, 0.25) is 0 Å². The van der Waals surface area contributed by atoms with E-state index in [9.17, 15) is 4.79 Å². The lowest BCUT2D eigenvalue weighted by Crippen LogP contribution is -3.28. The van der Waals surface area contributed by atoms with Crippen LogP contribution < -0.4 is 14.7 Å². The highest BCUT2D eigenvalue weighted by Gasteiger charge is 2.26. The van der Waals surface area contributed by atoms with Crippen LogP contribution in [0.15, 0.2) is 72.8 Å². The van der Waals surface area contributed by atoms with Crippen molar-refractivity contribution < 1.29 is 14.6 Å². The Morgan fingerprint density at radius 3 is 2.25 bits per heavy atom. The molecule has 4 nitrogen and oxygen atoms in total. The first-order valence-electron chi connectivity index (χ1n) is 10.2. The number of rotatable bonds is 5. The van der Waals surface area contributed by atoms with E-state index in [-0.39, 0.29) is 5.91 Å². The van der Waals surface area contributed by atoms with Crippen LogP contribution in [-0.2, 0) is 11.3 Å². The second kappa shape index (κ2) is 8.55. The van der Waals surface area contributed by atoms with E-state index in [2.05, 4.69) is 42.5 Å². The molecule has 0 bridgehead atoms. The molecule has 0 spiro atoms. The molecule has 1 aliphatic rings. The highest BCUT2D eigenvalue weighted by atomic mass is 16.2. The first kappa shape index (κ1) is 18.7. The van der Waals surface area contributed by atoms with E-state index < -0.39 is 0 Å². The molecule has 0 aliphatic carbocycles. The predicted octanol–water partition coefficient (Wildman–Crippen LogP) is 0.786. The molecule has 1 fully saturated rings. The van der Waals surface area contributed by atoms with Gasteiger partial charge < -0.3 is 14.7 Å². The number of benzene rings is 3. The standard InChI is InChI=1S/C24H27N3O/c1-25(22-11-3-2-4-12-22)24(28)19-27-16-14-26(15-17-27)18-21-10-7-9-20-8-5-6-13-23(20)21/h2-13H,14-19H2,1H3/p+2. The minimum atomic E-state index is 0.193. The zero-order chi connectivity index (χ0) is 19.3. The molecule has 2 N–H and O–H groups in total. The second-order valence-electron chi connectivity index (χ2n) is 7.78. The van der Waals surface area contributed by atoms with E-state index in [1.807, 2.05) is 37.4 Å². The number of fused-ring (bicyclic) bond motifs is 1. The molecule has 3 aromatic carbocycles. The lowest BCUT2D eigenvalue weighted by Gasteiger charge is -2.30.